The Kier molecular flexibility index (Phi) is 9.06. The number of carbonyl (C=O) groups excluding carboxylic acids is 1. The van der Waals surface area contributed by atoms with E-state index in [-0.39, 0.29) is 22.8 Å². The van der Waals surface area contributed by atoms with Crippen molar-refractivity contribution in [3.05, 3.63) is 94.2 Å². The summed E-state index contributed by atoms with van der Waals surface area (Å²) in [5.74, 6) is 1.00. The van der Waals surface area contributed by atoms with Crippen LogP contribution in [-0.4, -0.2) is 71.9 Å². The molecule has 47 heavy (non-hydrogen) atoms. The smallest absolute Gasteiger partial charge is 0.253 e. The van der Waals surface area contributed by atoms with Gasteiger partial charge in [-0.1, -0.05) is 49.4 Å². The highest BCUT2D eigenvalue weighted by Gasteiger charge is 2.44. The van der Waals surface area contributed by atoms with Gasteiger partial charge in [0.05, 0.1) is 15.9 Å². The Hall–Kier alpha value is -3.05. The number of fused-ring (bicyclic) bond motifs is 3. The van der Waals surface area contributed by atoms with Crippen LogP contribution in [0, 0.1) is 6.92 Å². The third-order valence-electron chi connectivity index (χ3n) is 11.0. The molecule has 2 bridgehead atoms. The molecule has 0 unspecified atom stereocenters. The average Bonchev–Trinajstić information content (AvgIpc) is 3.54. The second kappa shape index (κ2) is 13.1. The van der Waals surface area contributed by atoms with Gasteiger partial charge in [0.1, 0.15) is 5.82 Å². The number of piperidine rings is 2. The lowest BCUT2D eigenvalue weighted by atomic mass is 9.70. The van der Waals surface area contributed by atoms with Gasteiger partial charge in [-0.05, 0) is 116 Å². The Bertz CT molecular complexity index is 1860. The second-order valence-corrected chi connectivity index (χ2v) is 16.2. The van der Waals surface area contributed by atoms with Crippen LogP contribution in [0.1, 0.15) is 79.7 Å². The summed E-state index contributed by atoms with van der Waals surface area (Å²) in [6.07, 6.45) is 7.67. The number of hydrogen-bond acceptors (Lipinski definition) is 5. The molecule has 1 N–H and O–H groups in total. The number of nitrogens with zero attached hydrogens (tertiary/aromatic N) is 4. The molecule has 0 spiro atoms. The standard InChI is InChI=1S/C37H44BrN5O3S/c1-3-39-47(45,46)35-23-27(13-16-32(35)38)36(44)41-20-17-37(18-21-41,28-9-5-4-6-10-28)19-22-42-29-14-15-30(42)25-31(24-29)43-26(2)40-33-11-7-8-12-34(33)43/h4-13,16,23,29-31,39H,3,14-15,17-22,24-25H2,1-2H3/t29-,30+,31+. The summed E-state index contributed by atoms with van der Waals surface area (Å²) in [6.45, 7) is 6.51. The molecule has 4 heterocycles. The maximum Gasteiger partial charge on any atom is 0.253 e. The molecule has 3 aromatic carbocycles. The van der Waals surface area contributed by atoms with E-state index in [4.69, 9.17) is 4.98 Å². The van der Waals surface area contributed by atoms with Crippen molar-refractivity contribution in [2.45, 2.75) is 87.2 Å². The monoisotopic (exact) mass is 717 g/mol. The number of rotatable bonds is 9. The first kappa shape index (κ1) is 32.5. The molecule has 3 aliphatic rings. The van der Waals surface area contributed by atoms with Crippen molar-refractivity contribution in [3.63, 3.8) is 0 Å². The number of sulfonamides is 1. The zero-order valence-corrected chi connectivity index (χ0v) is 29.6. The molecule has 1 aromatic heterocycles. The molecule has 3 aliphatic heterocycles. The minimum absolute atomic E-state index is 0.00920. The minimum Gasteiger partial charge on any atom is -0.339 e. The highest BCUT2D eigenvalue weighted by molar-refractivity contribution is 9.10. The molecule has 0 aliphatic carbocycles. The number of imidazole rings is 1. The van der Waals surface area contributed by atoms with E-state index < -0.39 is 10.0 Å². The predicted octanol–water partition coefficient (Wildman–Crippen LogP) is 6.84. The maximum absolute atomic E-state index is 13.7. The molecule has 10 heteroatoms. The minimum atomic E-state index is -3.71. The average molecular weight is 719 g/mol. The van der Waals surface area contributed by atoms with Crippen LogP contribution in [0.25, 0.3) is 11.0 Å². The summed E-state index contributed by atoms with van der Waals surface area (Å²) in [7, 11) is -3.71. The van der Waals surface area contributed by atoms with Crippen LogP contribution in [0.15, 0.2) is 82.2 Å². The number of likely N-dealkylation sites (tertiary alicyclic amines) is 1. The van der Waals surface area contributed by atoms with E-state index in [0.29, 0.717) is 41.3 Å². The van der Waals surface area contributed by atoms with Gasteiger partial charge in [-0.25, -0.2) is 18.1 Å². The van der Waals surface area contributed by atoms with Gasteiger partial charge in [-0.2, -0.15) is 0 Å². The number of benzene rings is 3. The number of aromatic nitrogens is 2. The first-order chi connectivity index (χ1) is 22.7. The molecule has 3 atom stereocenters. The number of halogens is 1. The lowest BCUT2D eigenvalue weighted by Crippen LogP contribution is -2.49. The van der Waals surface area contributed by atoms with E-state index >= 15 is 0 Å². The van der Waals surface area contributed by atoms with E-state index in [1.54, 1.807) is 19.1 Å². The number of para-hydroxylation sites is 2. The summed E-state index contributed by atoms with van der Waals surface area (Å²) < 4.78 is 31.0. The third-order valence-corrected chi connectivity index (χ3v) is 13.6. The molecule has 3 fully saturated rings. The van der Waals surface area contributed by atoms with E-state index in [0.717, 1.165) is 50.0 Å². The Labute approximate surface area is 286 Å². The van der Waals surface area contributed by atoms with Crippen LogP contribution in [-0.2, 0) is 15.4 Å². The van der Waals surface area contributed by atoms with Crippen LogP contribution in [0.3, 0.4) is 0 Å². The SMILES string of the molecule is CCNS(=O)(=O)c1cc(C(=O)N2CCC(CCN3[C@@H]4CC[C@H]3C[C@@H](n3c(C)nc5ccccc53)C4)(c3ccccc3)CC2)ccc1Br. The third kappa shape index (κ3) is 6.18. The van der Waals surface area contributed by atoms with E-state index in [2.05, 4.69) is 91.6 Å². The quantitative estimate of drug-likeness (QED) is 0.205. The molecule has 3 saturated heterocycles. The van der Waals surface area contributed by atoms with Gasteiger partial charge in [0.15, 0.2) is 0 Å². The number of hydrogen-bond donors (Lipinski definition) is 1. The molecule has 4 aromatic rings. The van der Waals surface area contributed by atoms with Crippen molar-refractivity contribution in [1.82, 2.24) is 24.1 Å². The summed E-state index contributed by atoms with van der Waals surface area (Å²) in [4.78, 5) is 23.4. The Morgan fingerprint density at radius 2 is 1.64 bits per heavy atom. The van der Waals surface area contributed by atoms with Gasteiger partial charge in [0.25, 0.3) is 5.91 Å². The Morgan fingerprint density at radius 3 is 2.34 bits per heavy atom. The molecule has 1 amide bonds. The summed E-state index contributed by atoms with van der Waals surface area (Å²) in [5.41, 5.74) is 4.10. The molecular weight excluding hydrogens is 674 g/mol. The van der Waals surface area contributed by atoms with Crippen molar-refractivity contribution >= 4 is 42.9 Å². The number of nitrogens with one attached hydrogen (secondary N) is 1. The number of aryl methyl sites for hydroxylation is 1. The fraction of sp³-hybridized carbons (Fsp3) is 0.459. The molecule has 0 saturated carbocycles. The molecule has 248 valence electrons. The topological polar surface area (TPSA) is 87.5 Å². The summed E-state index contributed by atoms with van der Waals surface area (Å²) in [5, 5.41) is 0. The normalized spacial score (nSPS) is 23.0. The van der Waals surface area contributed by atoms with Crippen molar-refractivity contribution in [2.24, 2.45) is 0 Å². The first-order valence-electron chi connectivity index (χ1n) is 17.0. The van der Waals surface area contributed by atoms with Crippen molar-refractivity contribution in [3.8, 4) is 0 Å². The summed E-state index contributed by atoms with van der Waals surface area (Å²) >= 11 is 3.36. The van der Waals surface area contributed by atoms with Crippen molar-refractivity contribution < 1.29 is 13.2 Å². The predicted molar refractivity (Wildman–Crippen MR) is 189 cm³/mol. The first-order valence-corrected chi connectivity index (χ1v) is 19.3. The number of amides is 1. The lowest BCUT2D eigenvalue weighted by molar-refractivity contribution is 0.0606. The largest absolute Gasteiger partial charge is 0.339 e. The van der Waals surface area contributed by atoms with Gasteiger partial charge in [-0.15, -0.1) is 0 Å². The van der Waals surface area contributed by atoms with Gasteiger partial charge in [0.2, 0.25) is 10.0 Å². The number of carbonyl (C=O) groups is 1. The van der Waals surface area contributed by atoms with Crippen LogP contribution >= 0.6 is 15.9 Å². The molecule has 8 nitrogen and oxygen atoms in total. The molecular formula is C37H44BrN5O3S. The van der Waals surface area contributed by atoms with E-state index in [1.165, 1.54) is 30.0 Å². The Balaban J connectivity index is 1.06. The van der Waals surface area contributed by atoms with Crippen LogP contribution in [0.4, 0.5) is 0 Å². The van der Waals surface area contributed by atoms with Crippen LogP contribution in [0.2, 0.25) is 0 Å². The highest BCUT2D eigenvalue weighted by atomic mass is 79.9. The fourth-order valence-corrected chi connectivity index (χ4v) is 10.7. The zero-order valence-electron chi connectivity index (χ0n) is 27.2. The van der Waals surface area contributed by atoms with Crippen LogP contribution in [0.5, 0.6) is 0 Å². The van der Waals surface area contributed by atoms with Gasteiger partial charge in [0, 0.05) is 47.8 Å². The van der Waals surface area contributed by atoms with Gasteiger partial charge < -0.3 is 9.47 Å². The van der Waals surface area contributed by atoms with E-state index in [1.807, 2.05) is 4.90 Å². The molecule has 0 radical (unpaired) electrons. The van der Waals surface area contributed by atoms with Crippen molar-refractivity contribution in [2.75, 3.05) is 26.2 Å². The highest BCUT2D eigenvalue weighted by Crippen LogP contribution is 2.45. The van der Waals surface area contributed by atoms with Gasteiger partial charge >= 0.3 is 0 Å². The lowest BCUT2D eigenvalue weighted by Gasteiger charge is -2.45. The zero-order chi connectivity index (χ0) is 32.8. The van der Waals surface area contributed by atoms with Crippen molar-refractivity contribution in [1.29, 1.82) is 0 Å². The fourth-order valence-electron chi connectivity index (χ4n) is 8.70. The van der Waals surface area contributed by atoms with Crippen LogP contribution < -0.4 is 4.72 Å². The maximum atomic E-state index is 13.7. The summed E-state index contributed by atoms with van der Waals surface area (Å²) in [6, 6.07) is 25.9. The second-order valence-electron chi connectivity index (χ2n) is 13.6. The van der Waals surface area contributed by atoms with Gasteiger partial charge in [-0.3, -0.25) is 9.69 Å². The molecule has 7 rings (SSSR count). The van der Waals surface area contributed by atoms with E-state index in [9.17, 15) is 13.2 Å². The Morgan fingerprint density at radius 1 is 0.957 bits per heavy atom.